The van der Waals surface area contributed by atoms with Crippen molar-refractivity contribution in [3.8, 4) is 0 Å². The quantitative estimate of drug-likeness (QED) is 0.505. The largest absolute Gasteiger partial charge is 0.444 e. The van der Waals surface area contributed by atoms with Crippen molar-refractivity contribution in [1.82, 2.24) is 4.90 Å². The van der Waals surface area contributed by atoms with Crippen molar-refractivity contribution in [2.75, 3.05) is 36.8 Å². The maximum atomic E-state index is 12.0. The lowest BCUT2D eigenvalue weighted by atomic mass is 9.72. The van der Waals surface area contributed by atoms with E-state index in [1.807, 2.05) is 25.7 Å². The van der Waals surface area contributed by atoms with Gasteiger partial charge in [-0.3, -0.25) is 10.1 Å². The summed E-state index contributed by atoms with van der Waals surface area (Å²) < 4.78 is 5.35. The van der Waals surface area contributed by atoms with Gasteiger partial charge in [-0.2, -0.15) is 0 Å². The van der Waals surface area contributed by atoms with Crippen molar-refractivity contribution < 1.29 is 14.5 Å². The number of amides is 1. The van der Waals surface area contributed by atoms with Gasteiger partial charge in [-0.15, -0.1) is 0 Å². The molecule has 0 bridgehead atoms. The van der Waals surface area contributed by atoms with Crippen LogP contribution in [0.4, 0.5) is 21.9 Å². The van der Waals surface area contributed by atoms with Gasteiger partial charge in [-0.1, -0.05) is 6.07 Å². The fourth-order valence-corrected chi connectivity index (χ4v) is 3.36. The Kier molecular flexibility index (Phi) is 3.58. The van der Waals surface area contributed by atoms with Crippen LogP contribution in [0.1, 0.15) is 20.8 Å². The summed E-state index contributed by atoms with van der Waals surface area (Å²) in [7, 11) is 0. The SMILES string of the molecule is CC(C)(C)OC(=O)N1CC2(C1)CN(c1cccc(N)c1[N+](=O)[O-])C2. The number of ether oxygens (including phenoxy) is 1. The predicted octanol–water partition coefficient (Wildman–Crippen LogP) is 2.23. The molecule has 8 heteroatoms. The van der Waals surface area contributed by atoms with E-state index in [9.17, 15) is 14.9 Å². The third-order valence-electron chi connectivity index (χ3n) is 4.33. The molecular weight excluding hydrogens is 312 g/mol. The highest BCUT2D eigenvalue weighted by molar-refractivity contribution is 5.77. The number of anilines is 2. The van der Waals surface area contributed by atoms with Crippen molar-refractivity contribution in [3.05, 3.63) is 28.3 Å². The first kappa shape index (κ1) is 16.4. The molecule has 1 aromatic rings. The number of nitrogen functional groups attached to an aromatic ring is 1. The minimum atomic E-state index is -0.506. The van der Waals surface area contributed by atoms with Crippen LogP contribution in [0.2, 0.25) is 0 Å². The molecule has 1 aromatic carbocycles. The number of nitrogens with zero attached hydrogens (tertiary/aromatic N) is 3. The number of nitro benzene ring substituents is 1. The number of para-hydroxylation sites is 1. The Bertz CT molecular complexity index is 684. The molecule has 1 spiro atoms. The van der Waals surface area contributed by atoms with Gasteiger partial charge in [0.1, 0.15) is 17.0 Å². The molecule has 2 N–H and O–H groups in total. The van der Waals surface area contributed by atoms with Gasteiger partial charge in [0.2, 0.25) is 0 Å². The molecule has 1 amide bonds. The van der Waals surface area contributed by atoms with E-state index in [2.05, 4.69) is 0 Å². The fraction of sp³-hybridized carbons (Fsp3) is 0.562. The average molecular weight is 334 g/mol. The minimum absolute atomic E-state index is 0.00930. The first-order chi connectivity index (χ1) is 11.1. The number of nitrogens with two attached hydrogens (primary N) is 1. The number of carbonyl (C=O) groups is 1. The van der Waals surface area contributed by atoms with Gasteiger partial charge in [0.05, 0.1) is 4.92 Å². The normalized spacial score (nSPS) is 18.8. The summed E-state index contributed by atoms with van der Waals surface area (Å²) in [6, 6.07) is 4.97. The van der Waals surface area contributed by atoms with Gasteiger partial charge < -0.3 is 20.3 Å². The molecule has 2 aliphatic heterocycles. The van der Waals surface area contributed by atoms with Crippen LogP contribution in [-0.4, -0.2) is 47.7 Å². The molecule has 0 unspecified atom stereocenters. The van der Waals surface area contributed by atoms with Gasteiger partial charge in [-0.05, 0) is 32.9 Å². The van der Waals surface area contributed by atoms with E-state index in [1.54, 1.807) is 17.0 Å². The number of likely N-dealkylation sites (tertiary alicyclic amines) is 1. The molecule has 0 aromatic heterocycles. The second-order valence-electron chi connectivity index (χ2n) is 7.66. The monoisotopic (exact) mass is 334 g/mol. The van der Waals surface area contributed by atoms with Crippen LogP contribution in [0.25, 0.3) is 0 Å². The molecule has 8 nitrogen and oxygen atoms in total. The molecule has 2 fully saturated rings. The van der Waals surface area contributed by atoms with Gasteiger partial charge in [0, 0.05) is 31.6 Å². The van der Waals surface area contributed by atoms with Crippen LogP contribution < -0.4 is 10.6 Å². The van der Waals surface area contributed by atoms with E-state index in [0.717, 1.165) is 0 Å². The maximum Gasteiger partial charge on any atom is 0.410 e. The van der Waals surface area contributed by atoms with Gasteiger partial charge in [0.15, 0.2) is 0 Å². The van der Waals surface area contributed by atoms with Crippen molar-refractivity contribution in [1.29, 1.82) is 0 Å². The highest BCUT2D eigenvalue weighted by Crippen LogP contribution is 2.45. The molecule has 24 heavy (non-hydrogen) atoms. The molecule has 0 radical (unpaired) electrons. The van der Waals surface area contributed by atoms with E-state index in [4.69, 9.17) is 10.5 Å². The van der Waals surface area contributed by atoms with Crippen molar-refractivity contribution in [3.63, 3.8) is 0 Å². The van der Waals surface area contributed by atoms with Crippen molar-refractivity contribution >= 4 is 23.2 Å². The molecule has 2 aliphatic rings. The lowest BCUT2D eigenvalue weighted by molar-refractivity contribution is -0.383. The third-order valence-corrected chi connectivity index (χ3v) is 4.33. The lowest BCUT2D eigenvalue weighted by Gasteiger charge is -2.60. The number of hydrogen-bond acceptors (Lipinski definition) is 6. The number of hydrogen-bond donors (Lipinski definition) is 1. The summed E-state index contributed by atoms with van der Waals surface area (Å²) in [5, 5.41) is 11.2. The third kappa shape index (κ3) is 2.83. The summed E-state index contributed by atoms with van der Waals surface area (Å²) in [5.41, 5.74) is 5.90. The minimum Gasteiger partial charge on any atom is -0.444 e. The Morgan fingerprint density at radius 1 is 1.29 bits per heavy atom. The van der Waals surface area contributed by atoms with Gasteiger partial charge >= 0.3 is 11.8 Å². The first-order valence-corrected chi connectivity index (χ1v) is 7.86. The zero-order valence-electron chi connectivity index (χ0n) is 14.1. The van der Waals surface area contributed by atoms with Crippen LogP contribution in [0.3, 0.4) is 0 Å². The van der Waals surface area contributed by atoms with E-state index < -0.39 is 10.5 Å². The summed E-state index contributed by atoms with van der Waals surface area (Å²) >= 11 is 0. The van der Waals surface area contributed by atoms with Crippen LogP contribution in [0, 0.1) is 15.5 Å². The number of rotatable bonds is 2. The highest BCUT2D eigenvalue weighted by atomic mass is 16.6. The zero-order chi connectivity index (χ0) is 17.7. The predicted molar refractivity (Wildman–Crippen MR) is 90.0 cm³/mol. The standard InChI is InChI=1S/C16H22N4O4/c1-15(2,3)24-14(21)19-9-16(10-19)7-18(8-16)12-6-4-5-11(17)13(12)20(22)23/h4-6H,7-10,17H2,1-3H3. The first-order valence-electron chi connectivity index (χ1n) is 7.86. The average Bonchev–Trinajstić information content (AvgIpc) is 2.32. The molecular formula is C16H22N4O4. The maximum absolute atomic E-state index is 12.0. The zero-order valence-corrected chi connectivity index (χ0v) is 14.1. The Morgan fingerprint density at radius 2 is 1.92 bits per heavy atom. The van der Waals surface area contributed by atoms with Crippen molar-refractivity contribution in [2.24, 2.45) is 5.41 Å². The summed E-state index contributed by atoms with van der Waals surface area (Å²) in [4.78, 5) is 26.4. The Hall–Kier alpha value is -2.51. The van der Waals surface area contributed by atoms with Gasteiger partial charge in [-0.25, -0.2) is 4.79 Å². The van der Waals surface area contributed by atoms with Crippen molar-refractivity contribution in [2.45, 2.75) is 26.4 Å². The number of nitro groups is 1. The molecule has 3 rings (SSSR count). The summed E-state index contributed by atoms with van der Waals surface area (Å²) in [6.07, 6.45) is -0.304. The molecule has 2 saturated heterocycles. The number of benzene rings is 1. The van der Waals surface area contributed by atoms with Crippen LogP contribution in [-0.2, 0) is 4.74 Å². The van der Waals surface area contributed by atoms with E-state index in [-0.39, 0.29) is 22.9 Å². The lowest BCUT2D eigenvalue weighted by Crippen LogP contribution is -2.73. The van der Waals surface area contributed by atoms with Gasteiger partial charge in [0.25, 0.3) is 0 Å². The Labute approximate surface area is 140 Å². The van der Waals surface area contributed by atoms with E-state index >= 15 is 0 Å². The topological polar surface area (TPSA) is 102 Å². The van der Waals surface area contributed by atoms with Crippen LogP contribution >= 0.6 is 0 Å². The molecule has 2 heterocycles. The highest BCUT2D eigenvalue weighted by Gasteiger charge is 2.54. The Balaban J connectivity index is 1.61. The van der Waals surface area contributed by atoms with E-state index in [0.29, 0.717) is 31.9 Å². The second-order valence-corrected chi connectivity index (χ2v) is 7.66. The van der Waals surface area contributed by atoms with Crippen LogP contribution in [0.5, 0.6) is 0 Å². The van der Waals surface area contributed by atoms with E-state index in [1.165, 1.54) is 6.07 Å². The molecule has 0 aliphatic carbocycles. The summed E-state index contributed by atoms with van der Waals surface area (Å²) in [5.74, 6) is 0. The Morgan fingerprint density at radius 3 is 2.46 bits per heavy atom. The molecule has 0 saturated carbocycles. The summed E-state index contributed by atoms with van der Waals surface area (Å²) in [6.45, 7) is 8.11. The molecule has 0 atom stereocenters. The fourth-order valence-electron chi connectivity index (χ4n) is 3.36. The number of carbonyl (C=O) groups excluding carboxylic acids is 1. The molecule has 130 valence electrons. The smallest absolute Gasteiger partial charge is 0.410 e. The second kappa shape index (κ2) is 5.25. The van der Waals surface area contributed by atoms with Crippen LogP contribution in [0.15, 0.2) is 18.2 Å².